The average molecular weight is 294 g/mol. The highest BCUT2D eigenvalue weighted by Crippen LogP contribution is 2.41. The molecule has 0 aliphatic rings. The molecule has 0 amide bonds. The topological polar surface area (TPSA) is 66.0 Å². The lowest BCUT2D eigenvalue weighted by molar-refractivity contribution is -0.147. The molecule has 1 heterocycles. The smallest absolute Gasteiger partial charge is 0.310 e. The van der Waals surface area contributed by atoms with Crippen LogP contribution in [0.25, 0.3) is 10.9 Å². The molecule has 0 saturated heterocycles. The number of carboxylic acid groups (broad SMARTS) is 1. The zero-order valence-electron chi connectivity index (χ0n) is 12.6. The van der Waals surface area contributed by atoms with E-state index in [-0.39, 0.29) is 5.92 Å². The van der Waals surface area contributed by atoms with Crippen molar-refractivity contribution in [2.45, 2.75) is 19.8 Å². The Labute approximate surface area is 128 Å². The Morgan fingerprint density at radius 2 is 1.86 bits per heavy atom. The molecule has 0 fully saturated rings. The molecule has 112 valence electrons. The third-order valence-electron chi connectivity index (χ3n) is 4.20. The first kappa shape index (κ1) is 14.3. The fourth-order valence-corrected chi connectivity index (χ4v) is 2.94. The highest BCUT2D eigenvalue weighted by atomic mass is 16.4. The first-order valence-electron chi connectivity index (χ1n) is 7.21. The van der Waals surface area contributed by atoms with Crippen molar-refractivity contribution in [1.82, 2.24) is 10.2 Å². The molecule has 0 spiro atoms. The van der Waals surface area contributed by atoms with E-state index < -0.39 is 11.4 Å². The van der Waals surface area contributed by atoms with Gasteiger partial charge < -0.3 is 5.11 Å². The predicted octanol–water partition coefficient (Wildman–Crippen LogP) is 3.81. The first-order chi connectivity index (χ1) is 10.5. The van der Waals surface area contributed by atoms with Gasteiger partial charge in [0.2, 0.25) is 0 Å². The number of carbonyl (C=O) groups is 1. The predicted molar refractivity (Wildman–Crippen MR) is 85.8 cm³/mol. The zero-order valence-corrected chi connectivity index (χ0v) is 12.6. The summed E-state index contributed by atoms with van der Waals surface area (Å²) >= 11 is 0. The Morgan fingerprint density at radius 1 is 1.14 bits per heavy atom. The molecule has 2 N–H and O–H groups in total. The van der Waals surface area contributed by atoms with Crippen LogP contribution >= 0.6 is 0 Å². The summed E-state index contributed by atoms with van der Waals surface area (Å²) in [7, 11) is 0. The molecule has 3 rings (SSSR count). The van der Waals surface area contributed by atoms with Crippen LogP contribution in [0.3, 0.4) is 0 Å². The van der Waals surface area contributed by atoms with E-state index in [2.05, 4.69) is 10.2 Å². The van der Waals surface area contributed by atoms with E-state index in [0.717, 1.165) is 22.0 Å². The van der Waals surface area contributed by atoms with Crippen LogP contribution in [-0.4, -0.2) is 21.3 Å². The standard InChI is InChI=1S/C18H18N2O2/c1-18(2,17(21)22)16(12-6-4-3-5-7-12)13-8-9-15-14(10-13)11-19-20-15/h3-11,16H,1-2H3,(H,19,20)(H,21,22)/t16-/m0/s1. The van der Waals surface area contributed by atoms with Gasteiger partial charge in [0.1, 0.15) is 0 Å². The van der Waals surface area contributed by atoms with Gasteiger partial charge in [0.05, 0.1) is 17.1 Å². The molecular weight excluding hydrogens is 276 g/mol. The van der Waals surface area contributed by atoms with Crippen LogP contribution in [-0.2, 0) is 4.79 Å². The monoisotopic (exact) mass is 294 g/mol. The number of rotatable bonds is 4. The van der Waals surface area contributed by atoms with E-state index in [4.69, 9.17) is 0 Å². The number of hydrogen-bond acceptors (Lipinski definition) is 2. The van der Waals surface area contributed by atoms with Crippen LogP contribution in [0, 0.1) is 5.41 Å². The van der Waals surface area contributed by atoms with E-state index in [9.17, 15) is 9.90 Å². The summed E-state index contributed by atoms with van der Waals surface area (Å²) < 4.78 is 0. The van der Waals surface area contributed by atoms with E-state index in [0.29, 0.717) is 0 Å². The van der Waals surface area contributed by atoms with Gasteiger partial charge in [-0.15, -0.1) is 0 Å². The fourth-order valence-electron chi connectivity index (χ4n) is 2.94. The van der Waals surface area contributed by atoms with Crippen molar-refractivity contribution in [1.29, 1.82) is 0 Å². The Kier molecular flexibility index (Phi) is 3.45. The van der Waals surface area contributed by atoms with Gasteiger partial charge in [0.15, 0.2) is 0 Å². The van der Waals surface area contributed by atoms with Crippen LogP contribution in [0.4, 0.5) is 0 Å². The molecule has 0 saturated carbocycles. The lowest BCUT2D eigenvalue weighted by atomic mass is 9.71. The summed E-state index contributed by atoms with van der Waals surface area (Å²) in [5.74, 6) is -1.04. The number of fused-ring (bicyclic) bond motifs is 1. The van der Waals surface area contributed by atoms with Crippen molar-refractivity contribution in [2.24, 2.45) is 5.41 Å². The third kappa shape index (κ3) is 2.37. The minimum Gasteiger partial charge on any atom is -0.481 e. The molecule has 22 heavy (non-hydrogen) atoms. The van der Waals surface area contributed by atoms with Crippen molar-refractivity contribution in [3.63, 3.8) is 0 Å². The second-order valence-corrected chi connectivity index (χ2v) is 6.09. The Morgan fingerprint density at radius 3 is 2.55 bits per heavy atom. The molecule has 0 radical (unpaired) electrons. The maximum atomic E-state index is 11.8. The Hall–Kier alpha value is -2.62. The largest absolute Gasteiger partial charge is 0.481 e. The molecule has 4 heteroatoms. The van der Waals surface area contributed by atoms with Crippen LogP contribution in [0.15, 0.2) is 54.7 Å². The van der Waals surface area contributed by atoms with Gasteiger partial charge in [0.25, 0.3) is 0 Å². The molecule has 0 aliphatic heterocycles. The number of aliphatic carboxylic acids is 1. The molecule has 0 aliphatic carbocycles. The minimum absolute atomic E-state index is 0.231. The lowest BCUT2D eigenvalue weighted by Gasteiger charge is -2.31. The maximum Gasteiger partial charge on any atom is 0.310 e. The molecular formula is C18H18N2O2. The Bertz CT molecular complexity index is 806. The van der Waals surface area contributed by atoms with Gasteiger partial charge in [0, 0.05) is 11.3 Å². The van der Waals surface area contributed by atoms with E-state index >= 15 is 0 Å². The molecule has 0 bridgehead atoms. The number of H-pyrrole nitrogens is 1. The molecule has 3 aromatic rings. The van der Waals surface area contributed by atoms with Crippen LogP contribution in [0.5, 0.6) is 0 Å². The highest BCUT2D eigenvalue weighted by molar-refractivity contribution is 5.80. The highest BCUT2D eigenvalue weighted by Gasteiger charge is 2.38. The second kappa shape index (κ2) is 5.30. The van der Waals surface area contributed by atoms with E-state index in [1.54, 1.807) is 20.0 Å². The van der Waals surface area contributed by atoms with Crippen molar-refractivity contribution < 1.29 is 9.90 Å². The van der Waals surface area contributed by atoms with Crippen molar-refractivity contribution in [3.8, 4) is 0 Å². The summed E-state index contributed by atoms with van der Waals surface area (Å²) in [6.07, 6.45) is 1.76. The van der Waals surface area contributed by atoms with Gasteiger partial charge in [-0.25, -0.2) is 0 Å². The summed E-state index contributed by atoms with van der Waals surface area (Å²) in [5.41, 5.74) is 2.01. The van der Waals surface area contributed by atoms with Gasteiger partial charge in [-0.1, -0.05) is 36.4 Å². The van der Waals surface area contributed by atoms with Crippen LogP contribution in [0.1, 0.15) is 30.9 Å². The number of nitrogens with one attached hydrogen (secondary N) is 1. The number of aromatic amines is 1. The Balaban J connectivity index is 2.18. The van der Waals surface area contributed by atoms with Crippen molar-refractivity contribution >= 4 is 16.9 Å². The summed E-state index contributed by atoms with van der Waals surface area (Å²) in [6, 6.07) is 15.7. The van der Waals surface area contributed by atoms with Crippen molar-refractivity contribution in [2.75, 3.05) is 0 Å². The number of nitrogens with zero attached hydrogens (tertiary/aromatic N) is 1. The number of carboxylic acids is 1. The van der Waals surface area contributed by atoms with Gasteiger partial charge in [-0.3, -0.25) is 9.89 Å². The quantitative estimate of drug-likeness (QED) is 0.769. The SMILES string of the molecule is CC(C)(C(=O)O)[C@@H](c1ccccc1)c1ccc2[nH]ncc2c1. The molecule has 2 aromatic carbocycles. The van der Waals surface area contributed by atoms with Crippen LogP contribution < -0.4 is 0 Å². The first-order valence-corrected chi connectivity index (χ1v) is 7.21. The van der Waals surface area contributed by atoms with Gasteiger partial charge in [-0.2, -0.15) is 5.10 Å². The third-order valence-corrected chi connectivity index (χ3v) is 4.20. The minimum atomic E-state index is -0.918. The second-order valence-electron chi connectivity index (χ2n) is 6.09. The number of aromatic nitrogens is 2. The molecule has 0 unspecified atom stereocenters. The summed E-state index contributed by atoms with van der Waals surface area (Å²) in [4.78, 5) is 11.8. The summed E-state index contributed by atoms with van der Waals surface area (Å²) in [5, 5.41) is 17.6. The normalized spacial score (nSPS) is 13.2. The molecule has 4 nitrogen and oxygen atoms in total. The van der Waals surface area contributed by atoms with Crippen molar-refractivity contribution in [3.05, 3.63) is 65.9 Å². The van der Waals surface area contributed by atoms with Crippen LogP contribution in [0.2, 0.25) is 0 Å². The number of hydrogen-bond donors (Lipinski definition) is 2. The van der Waals surface area contributed by atoms with E-state index in [1.165, 1.54) is 0 Å². The summed E-state index contributed by atoms with van der Waals surface area (Å²) in [6.45, 7) is 3.54. The molecule has 1 atom stereocenters. The molecule has 1 aromatic heterocycles. The average Bonchev–Trinajstić information content (AvgIpc) is 2.96. The van der Waals surface area contributed by atoms with Gasteiger partial charge >= 0.3 is 5.97 Å². The fraction of sp³-hybridized carbons (Fsp3) is 0.222. The maximum absolute atomic E-state index is 11.8. The lowest BCUT2D eigenvalue weighted by Crippen LogP contribution is -2.32. The number of benzene rings is 2. The van der Waals surface area contributed by atoms with Gasteiger partial charge in [-0.05, 0) is 37.1 Å². The van der Waals surface area contributed by atoms with E-state index in [1.807, 2.05) is 48.5 Å². The zero-order chi connectivity index (χ0) is 15.7.